The van der Waals surface area contributed by atoms with Crippen LogP contribution in [0.4, 0.5) is 5.69 Å². The van der Waals surface area contributed by atoms with Gasteiger partial charge in [-0.3, -0.25) is 13.7 Å². The van der Waals surface area contributed by atoms with Crippen molar-refractivity contribution in [3.63, 3.8) is 0 Å². The second-order valence-electron chi connectivity index (χ2n) is 7.37. The second-order valence-corrected chi connectivity index (χ2v) is 10.3. The number of Topliss-reactive ketones (excluding diaryl/α,β-unsaturated/α-hetero) is 1. The van der Waals surface area contributed by atoms with Crippen LogP contribution < -0.4 is 4.31 Å². The maximum Gasteiger partial charge on any atom is 0.357 e. The molecule has 4 rings (SSSR count). The minimum atomic E-state index is -3.35. The Morgan fingerprint density at radius 3 is 2.61 bits per heavy atom. The van der Waals surface area contributed by atoms with Gasteiger partial charge in [0.05, 0.1) is 17.6 Å². The lowest BCUT2D eigenvalue weighted by Crippen LogP contribution is -2.30. The number of imidazole rings is 1. The molecule has 0 fully saturated rings. The van der Waals surface area contributed by atoms with E-state index in [0.29, 0.717) is 29.4 Å². The third-order valence-electron chi connectivity index (χ3n) is 5.42. The largest absolute Gasteiger partial charge is 0.453 e. The van der Waals surface area contributed by atoms with E-state index in [1.165, 1.54) is 22.3 Å². The summed E-state index contributed by atoms with van der Waals surface area (Å²) in [6, 6.07) is 14.2. The molecule has 2 aromatic carbocycles. The normalized spacial score (nSPS) is 13.1. The van der Waals surface area contributed by atoms with E-state index in [0.717, 1.165) is 11.3 Å². The van der Waals surface area contributed by atoms with E-state index in [1.54, 1.807) is 29.7 Å². The van der Waals surface area contributed by atoms with Crippen molar-refractivity contribution in [2.45, 2.75) is 18.5 Å². The molecule has 1 aromatic heterocycles. The number of para-hydroxylation sites is 1. The van der Waals surface area contributed by atoms with Crippen molar-refractivity contribution >= 4 is 39.2 Å². The number of thioether (sulfide) groups is 1. The van der Waals surface area contributed by atoms with Gasteiger partial charge in [0.2, 0.25) is 10.0 Å². The van der Waals surface area contributed by atoms with Crippen molar-refractivity contribution < 1.29 is 22.7 Å². The molecule has 2 heterocycles. The molecule has 1 aliphatic rings. The number of nitrogens with zero attached hydrogens (tertiary/aromatic N) is 3. The van der Waals surface area contributed by atoms with E-state index in [9.17, 15) is 18.0 Å². The highest BCUT2D eigenvalue weighted by molar-refractivity contribution is 7.98. The SMILES string of the molecule is CCS(=O)(=O)N1CCc2cc(C(=O)COC(=O)c3cnc(SC)n3-c3ccccc3)ccc21. The highest BCUT2D eigenvalue weighted by Crippen LogP contribution is 2.31. The number of hydrogen-bond acceptors (Lipinski definition) is 7. The number of sulfonamides is 1. The fraction of sp³-hybridized carbons (Fsp3) is 0.261. The molecule has 33 heavy (non-hydrogen) atoms. The van der Waals surface area contributed by atoms with Gasteiger partial charge < -0.3 is 4.74 Å². The monoisotopic (exact) mass is 485 g/mol. The molecule has 0 N–H and O–H groups in total. The summed E-state index contributed by atoms with van der Waals surface area (Å²) in [7, 11) is -3.35. The average Bonchev–Trinajstić information content (AvgIpc) is 3.47. The number of esters is 1. The molecule has 3 aromatic rings. The average molecular weight is 486 g/mol. The third kappa shape index (κ3) is 4.53. The molecule has 1 aliphatic heterocycles. The van der Waals surface area contributed by atoms with Crippen LogP contribution in [0.15, 0.2) is 59.9 Å². The molecule has 0 radical (unpaired) electrons. The van der Waals surface area contributed by atoms with Gasteiger partial charge in [0, 0.05) is 17.8 Å². The molecule has 172 valence electrons. The number of ketones is 1. The Morgan fingerprint density at radius 2 is 1.91 bits per heavy atom. The summed E-state index contributed by atoms with van der Waals surface area (Å²) < 4.78 is 32.9. The minimum absolute atomic E-state index is 0.0148. The van der Waals surface area contributed by atoms with Gasteiger partial charge in [-0.2, -0.15) is 0 Å². The smallest absolute Gasteiger partial charge is 0.357 e. The summed E-state index contributed by atoms with van der Waals surface area (Å²) in [4.78, 5) is 29.7. The number of aromatic nitrogens is 2. The molecular weight excluding hydrogens is 462 g/mol. The standard InChI is InChI=1S/C23H23N3O5S2/c1-3-33(29,30)25-12-11-16-13-17(9-10-19(16)25)21(27)15-31-22(28)20-14-24-23(32-2)26(20)18-7-5-4-6-8-18/h4-10,13-14H,3,11-12,15H2,1-2H3. The Kier molecular flexibility index (Phi) is 6.57. The number of carbonyl (C=O) groups excluding carboxylic acids is 2. The molecule has 0 amide bonds. The van der Waals surface area contributed by atoms with E-state index in [1.807, 2.05) is 36.6 Å². The summed E-state index contributed by atoms with van der Waals surface area (Å²) in [5, 5.41) is 0.629. The molecule has 10 heteroatoms. The highest BCUT2D eigenvalue weighted by Gasteiger charge is 2.29. The number of ether oxygens (including phenoxy) is 1. The zero-order valence-corrected chi connectivity index (χ0v) is 19.9. The van der Waals surface area contributed by atoms with Crippen LogP contribution in [0.2, 0.25) is 0 Å². The molecule has 0 unspecified atom stereocenters. The molecule has 0 saturated heterocycles. The predicted molar refractivity (Wildman–Crippen MR) is 127 cm³/mol. The summed E-state index contributed by atoms with van der Waals surface area (Å²) in [6.07, 6.45) is 3.83. The third-order valence-corrected chi connectivity index (χ3v) is 7.86. The van der Waals surface area contributed by atoms with Crippen molar-refractivity contribution in [2.24, 2.45) is 0 Å². The van der Waals surface area contributed by atoms with Crippen molar-refractivity contribution in [2.75, 3.05) is 29.5 Å². The summed E-state index contributed by atoms with van der Waals surface area (Å²) in [6.45, 7) is 1.54. The van der Waals surface area contributed by atoms with Gasteiger partial charge in [0.15, 0.2) is 23.2 Å². The van der Waals surface area contributed by atoms with Crippen molar-refractivity contribution in [1.82, 2.24) is 9.55 Å². The maximum atomic E-state index is 12.8. The van der Waals surface area contributed by atoms with E-state index in [-0.39, 0.29) is 17.2 Å². The van der Waals surface area contributed by atoms with Crippen LogP contribution in [0.5, 0.6) is 0 Å². The Morgan fingerprint density at radius 1 is 1.15 bits per heavy atom. The quantitative estimate of drug-likeness (QED) is 0.274. The van der Waals surface area contributed by atoms with E-state index in [2.05, 4.69) is 4.98 Å². The van der Waals surface area contributed by atoms with Gasteiger partial charge in [0.25, 0.3) is 0 Å². The molecule has 0 bridgehead atoms. The van der Waals surface area contributed by atoms with Gasteiger partial charge in [-0.05, 0) is 55.5 Å². The topological polar surface area (TPSA) is 98.6 Å². The van der Waals surface area contributed by atoms with Crippen LogP contribution in [0.3, 0.4) is 0 Å². The fourth-order valence-electron chi connectivity index (χ4n) is 3.73. The molecule has 0 spiro atoms. The molecule has 0 aliphatic carbocycles. The van der Waals surface area contributed by atoms with Crippen LogP contribution in [-0.4, -0.2) is 54.9 Å². The van der Waals surface area contributed by atoms with E-state index >= 15 is 0 Å². The first kappa shape index (κ1) is 23.1. The number of anilines is 1. The minimum Gasteiger partial charge on any atom is -0.453 e. The van der Waals surface area contributed by atoms with Crippen molar-refractivity contribution in [3.8, 4) is 5.69 Å². The molecular formula is C23H23N3O5S2. The second kappa shape index (κ2) is 9.40. The fourth-order valence-corrected chi connectivity index (χ4v) is 5.43. The zero-order valence-electron chi connectivity index (χ0n) is 18.2. The lowest BCUT2D eigenvalue weighted by atomic mass is 10.1. The van der Waals surface area contributed by atoms with Gasteiger partial charge in [-0.1, -0.05) is 30.0 Å². The number of fused-ring (bicyclic) bond motifs is 1. The first-order valence-corrected chi connectivity index (χ1v) is 13.2. The Labute approximate surface area is 196 Å². The van der Waals surface area contributed by atoms with Crippen molar-refractivity contribution in [3.05, 3.63) is 71.5 Å². The van der Waals surface area contributed by atoms with Gasteiger partial charge in [-0.15, -0.1) is 0 Å². The summed E-state index contributed by atoms with van der Waals surface area (Å²) >= 11 is 1.39. The number of rotatable bonds is 8. The highest BCUT2D eigenvalue weighted by atomic mass is 32.2. The lowest BCUT2D eigenvalue weighted by molar-refractivity contribution is 0.0466. The Hall–Kier alpha value is -3.11. The van der Waals surface area contributed by atoms with Gasteiger partial charge in [0.1, 0.15) is 0 Å². The number of hydrogen-bond donors (Lipinski definition) is 0. The molecule has 8 nitrogen and oxygen atoms in total. The maximum absolute atomic E-state index is 12.8. The summed E-state index contributed by atoms with van der Waals surface area (Å²) in [5.41, 5.74) is 2.76. The van der Waals surface area contributed by atoms with Crippen LogP contribution in [-0.2, 0) is 21.2 Å². The molecule has 0 atom stereocenters. The predicted octanol–water partition coefficient (Wildman–Crippen LogP) is 3.35. The number of benzene rings is 2. The Bertz CT molecular complexity index is 1300. The van der Waals surface area contributed by atoms with Crippen LogP contribution >= 0.6 is 11.8 Å². The zero-order chi connectivity index (χ0) is 23.6. The van der Waals surface area contributed by atoms with Crippen molar-refractivity contribution in [1.29, 1.82) is 0 Å². The lowest BCUT2D eigenvalue weighted by Gasteiger charge is -2.18. The van der Waals surface area contributed by atoms with Gasteiger partial charge >= 0.3 is 5.97 Å². The van der Waals surface area contributed by atoms with Crippen LogP contribution in [0.1, 0.15) is 33.3 Å². The van der Waals surface area contributed by atoms with E-state index < -0.39 is 22.6 Å². The van der Waals surface area contributed by atoms with Crippen LogP contribution in [0, 0.1) is 0 Å². The molecule has 0 saturated carbocycles. The Balaban J connectivity index is 1.49. The summed E-state index contributed by atoms with van der Waals surface area (Å²) in [5.74, 6) is -0.999. The van der Waals surface area contributed by atoms with Gasteiger partial charge in [-0.25, -0.2) is 18.2 Å². The van der Waals surface area contributed by atoms with Crippen LogP contribution in [0.25, 0.3) is 5.69 Å². The first-order chi connectivity index (χ1) is 15.9. The first-order valence-electron chi connectivity index (χ1n) is 10.4. The van der Waals surface area contributed by atoms with E-state index in [4.69, 9.17) is 4.74 Å². The number of carbonyl (C=O) groups is 2.